The van der Waals surface area contributed by atoms with Gasteiger partial charge in [0, 0.05) is 11.8 Å². The van der Waals surface area contributed by atoms with Gasteiger partial charge >= 0.3 is 0 Å². The first-order valence-corrected chi connectivity index (χ1v) is 6.38. The highest BCUT2D eigenvalue weighted by Crippen LogP contribution is 2.25. The van der Waals surface area contributed by atoms with E-state index in [4.69, 9.17) is 10.00 Å². The first kappa shape index (κ1) is 12.8. The Hall–Kier alpha value is -1.66. The Balaban J connectivity index is 1.85. The van der Waals surface area contributed by atoms with Crippen LogP contribution in [0.5, 0.6) is 0 Å². The van der Waals surface area contributed by atoms with Crippen LogP contribution in [0, 0.1) is 23.2 Å². The molecule has 3 heteroatoms. The van der Waals surface area contributed by atoms with Gasteiger partial charge in [-0.15, -0.1) is 0 Å². The number of hydrogen-bond donors (Lipinski definition) is 0. The largest absolute Gasteiger partial charge is 0.376 e. The van der Waals surface area contributed by atoms with Crippen molar-refractivity contribution in [2.75, 3.05) is 6.61 Å². The maximum Gasteiger partial charge on any atom is 0.145 e. The van der Waals surface area contributed by atoms with Crippen LogP contribution in [0.3, 0.4) is 0 Å². The lowest BCUT2D eigenvalue weighted by molar-refractivity contribution is 0.0678. The lowest BCUT2D eigenvalue weighted by atomic mass is 9.85. The van der Waals surface area contributed by atoms with Gasteiger partial charge in [-0.1, -0.05) is 25.1 Å². The third-order valence-corrected chi connectivity index (χ3v) is 3.50. The van der Waals surface area contributed by atoms with E-state index in [1.165, 1.54) is 0 Å². The van der Waals surface area contributed by atoms with Gasteiger partial charge in [-0.05, 0) is 30.7 Å². The zero-order valence-electron chi connectivity index (χ0n) is 10.7. The molecule has 2 rings (SSSR count). The lowest BCUT2D eigenvalue weighted by Gasteiger charge is -2.24. The van der Waals surface area contributed by atoms with Gasteiger partial charge in [-0.3, -0.25) is 0 Å². The fraction of sp³-hybridized carbons (Fsp3) is 0.467. The highest BCUT2D eigenvalue weighted by atomic mass is 16.5. The van der Waals surface area contributed by atoms with Gasteiger partial charge < -0.3 is 4.74 Å². The Bertz CT molecular complexity index is 462. The van der Waals surface area contributed by atoms with E-state index in [1.54, 1.807) is 6.20 Å². The summed E-state index contributed by atoms with van der Waals surface area (Å²) in [6.45, 7) is 3.50. The summed E-state index contributed by atoms with van der Waals surface area (Å²) >= 11 is 0. The molecule has 0 saturated carbocycles. The number of pyridine rings is 1. The molecule has 0 spiro atoms. The number of rotatable bonds is 4. The van der Waals surface area contributed by atoms with Crippen molar-refractivity contribution in [2.24, 2.45) is 11.8 Å². The van der Waals surface area contributed by atoms with E-state index in [-0.39, 0.29) is 0 Å². The Labute approximate surface area is 108 Å². The van der Waals surface area contributed by atoms with E-state index < -0.39 is 0 Å². The minimum Gasteiger partial charge on any atom is -0.376 e. The Morgan fingerprint density at radius 1 is 1.44 bits per heavy atom. The summed E-state index contributed by atoms with van der Waals surface area (Å²) in [6.07, 6.45) is 8.36. The van der Waals surface area contributed by atoms with Crippen LogP contribution in [0.15, 0.2) is 30.5 Å². The molecular weight excluding hydrogens is 224 g/mol. The second-order valence-electron chi connectivity index (χ2n) is 4.82. The van der Waals surface area contributed by atoms with E-state index >= 15 is 0 Å². The smallest absolute Gasteiger partial charge is 0.145 e. The number of ether oxygens (including phenoxy) is 1. The van der Waals surface area contributed by atoms with Crippen LogP contribution in [0.25, 0.3) is 0 Å². The molecule has 3 nitrogen and oxygen atoms in total. The average molecular weight is 242 g/mol. The Morgan fingerprint density at radius 3 is 3.06 bits per heavy atom. The van der Waals surface area contributed by atoms with E-state index in [9.17, 15) is 0 Å². The van der Waals surface area contributed by atoms with Crippen molar-refractivity contribution >= 4 is 0 Å². The molecule has 0 aliphatic heterocycles. The number of hydrogen-bond acceptors (Lipinski definition) is 3. The van der Waals surface area contributed by atoms with Crippen LogP contribution in [0.4, 0.5) is 0 Å². The molecule has 2 atom stereocenters. The van der Waals surface area contributed by atoms with Gasteiger partial charge in [0.25, 0.3) is 0 Å². The van der Waals surface area contributed by atoms with Gasteiger partial charge in [-0.2, -0.15) is 5.26 Å². The molecule has 1 aromatic rings. The summed E-state index contributed by atoms with van der Waals surface area (Å²) < 4.78 is 5.75. The molecule has 0 fully saturated rings. The fourth-order valence-corrected chi connectivity index (χ4v) is 2.21. The number of nitriles is 1. The molecule has 0 aromatic carbocycles. The summed E-state index contributed by atoms with van der Waals surface area (Å²) in [5.41, 5.74) is 1.34. The first-order valence-electron chi connectivity index (χ1n) is 6.38. The second kappa shape index (κ2) is 6.32. The van der Waals surface area contributed by atoms with Crippen molar-refractivity contribution in [3.8, 4) is 6.07 Å². The van der Waals surface area contributed by atoms with Crippen molar-refractivity contribution in [3.63, 3.8) is 0 Å². The summed E-state index contributed by atoms with van der Waals surface area (Å²) in [5, 5.41) is 8.93. The van der Waals surface area contributed by atoms with Gasteiger partial charge in [-0.25, -0.2) is 4.98 Å². The quantitative estimate of drug-likeness (QED) is 0.762. The fourth-order valence-electron chi connectivity index (χ4n) is 2.21. The highest BCUT2D eigenvalue weighted by molar-refractivity contribution is 5.29. The zero-order valence-corrected chi connectivity index (χ0v) is 10.7. The third kappa shape index (κ3) is 3.18. The number of aromatic nitrogens is 1. The summed E-state index contributed by atoms with van der Waals surface area (Å²) in [7, 11) is 0. The van der Waals surface area contributed by atoms with Crippen LogP contribution in [-0.2, 0) is 11.3 Å². The van der Waals surface area contributed by atoms with Crippen LogP contribution in [-0.4, -0.2) is 11.6 Å². The second-order valence-corrected chi connectivity index (χ2v) is 4.82. The minimum atomic E-state index is 0.467. The molecular formula is C15H18N2O. The predicted octanol–water partition coefficient (Wildman–Crippen LogP) is 3.07. The third-order valence-electron chi connectivity index (χ3n) is 3.50. The first-order chi connectivity index (χ1) is 8.81. The molecule has 18 heavy (non-hydrogen) atoms. The normalized spacial score (nSPS) is 22.7. The minimum absolute atomic E-state index is 0.467. The molecule has 0 bridgehead atoms. The molecule has 0 saturated heterocycles. The summed E-state index contributed by atoms with van der Waals surface area (Å²) in [4.78, 5) is 4.03. The summed E-state index contributed by atoms with van der Waals surface area (Å²) in [6, 6.07) is 5.83. The predicted molar refractivity (Wildman–Crippen MR) is 69.6 cm³/mol. The Morgan fingerprint density at radius 2 is 2.28 bits per heavy atom. The van der Waals surface area contributed by atoms with Crippen LogP contribution in [0.1, 0.15) is 31.0 Å². The van der Waals surface area contributed by atoms with Gasteiger partial charge in [0.05, 0.1) is 13.2 Å². The maximum atomic E-state index is 8.93. The molecule has 1 aliphatic carbocycles. The average Bonchev–Trinajstić information content (AvgIpc) is 2.41. The molecule has 0 radical (unpaired) electrons. The monoisotopic (exact) mass is 242 g/mol. The Kier molecular flexibility index (Phi) is 4.49. The van der Waals surface area contributed by atoms with Crippen molar-refractivity contribution in [3.05, 3.63) is 41.7 Å². The zero-order chi connectivity index (χ0) is 12.8. The van der Waals surface area contributed by atoms with E-state index in [2.05, 4.69) is 30.1 Å². The topological polar surface area (TPSA) is 45.9 Å². The molecule has 94 valence electrons. The standard InChI is InChI=1S/C15H18N2O/c1-12-5-2-3-6-13(12)10-18-11-14-7-4-8-17-15(14)9-16/h2-4,7-8,12-13H,5-6,10-11H2,1H3. The summed E-state index contributed by atoms with van der Waals surface area (Å²) in [5.74, 6) is 1.27. The van der Waals surface area contributed by atoms with Crippen LogP contribution < -0.4 is 0 Å². The SMILES string of the molecule is CC1CC=CCC1COCc1cccnc1C#N. The van der Waals surface area contributed by atoms with Gasteiger partial charge in [0.2, 0.25) is 0 Å². The molecule has 0 N–H and O–H groups in total. The highest BCUT2D eigenvalue weighted by Gasteiger charge is 2.18. The van der Waals surface area contributed by atoms with Gasteiger partial charge in [0.1, 0.15) is 11.8 Å². The maximum absolute atomic E-state index is 8.93. The van der Waals surface area contributed by atoms with Crippen LogP contribution >= 0.6 is 0 Å². The van der Waals surface area contributed by atoms with Crippen LogP contribution in [0.2, 0.25) is 0 Å². The van der Waals surface area contributed by atoms with Gasteiger partial charge in [0.15, 0.2) is 0 Å². The number of nitrogens with zero attached hydrogens (tertiary/aromatic N) is 2. The van der Waals surface area contributed by atoms with E-state index in [0.29, 0.717) is 24.1 Å². The van der Waals surface area contributed by atoms with E-state index in [1.807, 2.05) is 12.1 Å². The van der Waals surface area contributed by atoms with Crippen molar-refractivity contribution in [1.82, 2.24) is 4.98 Å². The molecule has 1 heterocycles. The number of allylic oxidation sites excluding steroid dienone is 2. The molecule has 1 aliphatic rings. The van der Waals surface area contributed by atoms with E-state index in [0.717, 1.165) is 25.0 Å². The van der Waals surface area contributed by atoms with Crippen molar-refractivity contribution < 1.29 is 4.74 Å². The van der Waals surface area contributed by atoms with Crippen molar-refractivity contribution in [1.29, 1.82) is 5.26 Å². The van der Waals surface area contributed by atoms with Crippen molar-refractivity contribution in [2.45, 2.75) is 26.4 Å². The molecule has 1 aromatic heterocycles. The molecule has 0 amide bonds. The lowest BCUT2D eigenvalue weighted by Crippen LogP contribution is -2.19. The molecule has 2 unspecified atom stereocenters.